The Bertz CT molecular complexity index is 517. The molecule has 3 heteroatoms. The van der Waals surface area contributed by atoms with Gasteiger partial charge < -0.3 is 14.9 Å². The lowest BCUT2D eigenvalue weighted by Gasteiger charge is -2.15. The van der Waals surface area contributed by atoms with Crippen molar-refractivity contribution < 1.29 is 9.15 Å². The summed E-state index contributed by atoms with van der Waals surface area (Å²) in [5.41, 5.74) is 9.49. The van der Waals surface area contributed by atoms with Gasteiger partial charge in [0.05, 0.1) is 19.4 Å². The lowest BCUT2D eigenvalue weighted by Crippen LogP contribution is -2.13. The van der Waals surface area contributed by atoms with Gasteiger partial charge in [0.25, 0.3) is 0 Å². The topological polar surface area (TPSA) is 48.4 Å². The first-order valence-electron chi connectivity index (χ1n) is 5.57. The quantitative estimate of drug-likeness (QED) is 0.883. The third-order valence-electron chi connectivity index (χ3n) is 3.05. The fourth-order valence-electron chi connectivity index (χ4n) is 2.01. The van der Waals surface area contributed by atoms with E-state index >= 15 is 0 Å². The fourth-order valence-corrected chi connectivity index (χ4v) is 2.01. The van der Waals surface area contributed by atoms with Crippen LogP contribution in [0.25, 0.3) is 0 Å². The van der Waals surface area contributed by atoms with Gasteiger partial charge in [-0.1, -0.05) is 6.07 Å². The molecular formula is C14H17NO2. The second kappa shape index (κ2) is 4.63. The largest absolute Gasteiger partial charge is 0.497 e. The Morgan fingerprint density at radius 3 is 2.47 bits per heavy atom. The summed E-state index contributed by atoms with van der Waals surface area (Å²) in [5, 5.41) is 0. The van der Waals surface area contributed by atoms with E-state index < -0.39 is 0 Å². The lowest BCUT2D eigenvalue weighted by molar-refractivity contribution is 0.414. The highest BCUT2D eigenvalue weighted by atomic mass is 16.5. The highest BCUT2D eigenvalue weighted by Crippen LogP contribution is 2.27. The molecule has 0 radical (unpaired) electrons. The maximum atomic E-state index is 6.25. The highest BCUT2D eigenvalue weighted by molar-refractivity contribution is 5.41. The summed E-state index contributed by atoms with van der Waals surface area (Å²) in [5.74, 6) is 1.72. The molecule has 1 atom stereocenters. The van der Waals surface area contributed by atoms with Crippen LogP contribution in [-0.4, -0.2) is 7.11 Å². The van der Waals surface area contributed by atoms with E-state index in [2.05, 4.69) is 0 Å². The Labute approximate surface area is 101 Å². The number of rotatable bonds is 3. The summed E-state index contributed by atoms with van der Waals surface area (Å²) in [6, 6.07) is 7.69. The maximum Gasteiger partial charge on any atom is 0.119 e. The molecule has 0 saturated heterocycles. The Balaban J connectivity index is 2.38. The molecule has 0 aliphatic rings. The van der Waals surface area contributed by atoms with E-state index in [0.29, 0.717) is 0 Å². The van der Waals surface area contributed by atoms with E-state index in [-0.39, 0.29) is 6.04 Å². The first-order chi connectivity index (χ1) is 8.13. The Morgan fingerprint density at radius 2 is 1.94 bits per heavy atom. The molecule has 3 nitrogen and oxygen atoms in total. The predicted octanol–water partition coefficient (Wildman–Crippen LogP) is 2.95. The minimum absolute atomic E-state index is 0.153. The molecule has 2 aromatic rings. The van der Waals surface area contributed by atoms with Crippen LogP contribution in [0.15, 0.2) is 34.9 Å². The zero-order chi connectivity index (χ0) is 12.4. The summed E-state index contributed by atoms with van der Waals surface area (Å²) < 4.78 is 10.5. The summed E-state index contributed by atoms with van der Waals surface area (Å²) in [4.78, 5) is 0. The van der Waals surface area contributed by atoms with Crippen molar-refractivity contribution in [1.29, 1.82) is 0 Å². The van der Waals surface area contributed by atoms with E-state index in [1.807, 2.05) is 38.1 Å². The number of ether oxygens (including phenoxy) is 1. The van der Waals surface area contributed by atoms with Crippen molar-refractivity contribution in [1.82, 2.24) is 0 Å². The number of aryl methyl sites for hydroxylation is 2. The molecule has 1 heterocycles. The summed E-state index contributed by atoms with van der Waals surface area (Å²) in [6.07, 6.45) is 1.67. The minimum Gasteiger partial charge on any atom is -0.497 e. The Kier molecular flexibility index (Phi) is 3.20. The molecule has 0 fully saturated rings. The third-order valence-corrected chi connectivity index (χ3v) is 3.05. The zero-order valence-corrected chi connectivity index (χ0v) is 10.4. The number of nitrogens with two attached hydrogens (primary N) is 1. The summed E-state index contributed by atoms with van der Waals surface area (Å²) in [6.45, 7) is 3.96. The van der Waals surface area contributed by atoms with E-state index in [9.17, 15) is 0 Å². The van der Waals surface area contributed by atoms with Crippen LogP contribution in [0.4, 0.5) is 0 Å². The van der Waals surface area contributed by atoms with Crippen molar-refractivity contribution in [2.24, 2.45) is 5.73 Å². The van der Waals surface area contributed by atoms with Gasteiger partial charge in [0.1, 0.15) is 11.5 Å². The zero-order valence-electron chi connectivity index (χ0n) is 10.4. The molecule has 1 aromatic carbocycles. The van der Waals surface area contributed by atoms with Crippen molar-refractivity contribution in [3.05, 3.63) is 53.0 Å². The van der Waals surface area contributed by atoms with Crippen molar-refractivity contribution in [2.75, 3.05) is 7.11 Å². The molecule has 2 rings (SSSR count). The number of hydrogen-bond donors (Lipinski definition) is 1. The normalized spacial score (nSPS) is 12.5. The second-order valence-electron chi connectivity index (χ2n) is 4.13. The second-order valence-corrected chi connectivity index (χ2v) is 4.13. The number of furan rings is 1. The first-order valence-corrected chi connectivity index (χ1v) is 5.57. The highest BCUT2D eigenvalue weighted by Gasteiger charge is 2.15. The minimum atomic E-state index is -0.153. The smallest absolute Gasteiger partial charge is 0.119 e. The van der Waals surface area contributed by atoms with Gasteiger partial charge >= 0.3 is 0 Å². The van der Waals surface area contributed by atoms with Gasteiger partial charge in [-0.2, -0.15) is 0 Å². The van der Waals surface area contributed by atoms with Gasteiger partial charge in [-0.15, -0.1) is 0 Å². The monoisotopic (exact) mass is 231 g/mol. The average molecular weight is 231 g/mol. The molecule has 0 saturated carbocycles. The SMILES string of the molecule is COc1ccc(C(N)c2ccoc2C)c(C)c1. The van der Waals surface area contributed by atoms with Gasteiger partial charge in [-0.05, 0) is 43.2 Å². The first kappa shape index (κ1) is 11.7. The van der Waals surface area contributed by atoms with Gasteiger partial charge in [0.2, 0.25) is 0 Å². The van der Waals surface area contributed by atoms with Gasteiger partial charge in [0, 0.05) is 5.56 Å². The van der Waals surface area contributed by atoms with Crippen LogP contribution in [-0.2, 0) is 0 Å². The molecule has 1 aromatic heterocycles. The van der Waals surface area contributed by atoms with Crippen LogP contribution in [0, 0.1) is 13.8 Å². The van der Waals surface area contributed by atoms with Gasteiger partial charge in [-0.25, -0.2) is 0 Å². The van der Waals surface area contributed by atoms with E-state index in [0.717, 1.165) is 28.2 Å². The van der Waals surface area contributed by atoms with Crippen LogP contribution in [0.5, 0.6) is 5.75 Å². The molecule has 1 unspecified atom stereocenters. The predicted molar refractivity (Wildman–Crippen MR) is 67.2 cm³/mol. The Hall–Kier alpha value is -1.74. The third kappa shape index (κ3) is 2.19. The molecule has 90 valence electrons. The van der Waals surface area contributed by atoms with E-state index in [1.165, 1.54) is 0 Å². The lowest BCUT2D eigenvalue weighted by atomic mass is 9.96. The Morgan fingerprint density at radius 1 is 1.18 bits per heavy atom. The van der Waals surface area contributed by atoms with Crippen LogP contribution in [0.3, 0.4) is 0 Å². The van der Waals surface area contributed by atoms with Crippen molar-refractivity contribution in [3.63, 3.8) is 0 Å². The van der Waals surface area contributed by atoms with Crippen LogP contribution in [0.2, 0.25) is 0 Å². The standard InChI is InChI=1S/C14H17NO2/c1-9-8-11(16-3)4-5-12(9)14(15)13-6-7-17-10(13)2/h4-8,14H,15H2,1-3H3. The van der Waals surface area contributed by atoms with Crippen LogP contribution < -0.4 is 10.5 Å². The molecule has 0 amide bonds. The molecule has 2 N–H and O–H groups in total. The summed E-state index contributed by atoms with van der Waals surface area (Å²) in [7, 11) is 1.66. The molecule has 0 bridgehead atoms. The maximum absolute atomic E-state index is 6.25. The number of methoxy groups -OCH3 is 1. The van der Waals surface area contributed by atoms with Gasteiger partial charge in [-0.3, -0.25) is 0 Å². The fraction of sp³-hybridized carbons (Fsp3) is 0.286. The van der Waals surface area contributed by atoms with Crippen molar-refractivity contribution in [3.8, 4) is 5.75 Å². The number of hydrogen-bond acceptors (Lipinski definition) is 3. The molecule has 0 spiro atoms. The molecule has 0 aliphatic heterocycles. The van der Waals surface area contributed by atoms with Crippen molar-refractivity contribution in [2.45, 2.75) is 19.9 Å². The van der Waals surface area contributed by atoms with Crippen LogP contribution in [0.1, 0.15) is 28.5 Å². The van der Waals surface area contributed by atoms with E-state index in [4.69, 9.17) is 14.9 Å². The van der Waals surface area contributed by atoms with Crippen molar-refractivity contribution >= 4 is 0 Å². The number of benzene rings is 1. The molecule has 17 heavy (non-hydrogen) atoms. The molecule has 0 aliphatic carbocycles. The van der Waals surface area contributed by atoms with Crippen LogP contribution >= 0.6 is 0 Å². The molecular weight excluding hydrogens is 214 g/mol. The summed E-state index contributed by atoms with van der Waals surface area (Å²) >= 11 is 0. The van der Waals surface area contributed by atoms with Gasteiger partial charge in [0.15, 0.2) is 0 Å². The average Bonchev–Trinajstić information content (AvgIpc) is 2.74. The van der Waals surface area contributed by atoms with E-state index in [1.54, 1.807) is 13.4 Å².